The molecular weight excluding hydrogens is 440 g/mol. The lowest BCUT2D eigenvalue weighted by Crippen LogP contribution is -2.15. The molecule has 9 nitrogen and oxygen atoms in total. The minimum atomic E-state index is -3.77. The Labute approximate surface area is 174 Å². The molecule has 28 heavy (non-hydrogen) atoms. The highest BCUT2D eigenvalue weighted by molar-refractivity contribution is 8.01. The number of aromatic nitrogens is 4. The minimum Gasteiger partial charge on any atom is -0.325 e. The highest BCUT2D eigenvalue weighted by Crippen LogP contribution is 2.23. The van der Waals surface area contributed by atoms with E-state index < -0.39 is 10.0 Å². The van der Waals surface area contributed by atoms with Crippen LogP contribution in [0.2, 0.25) is 0 Å². The predicted octanol–water partition coefficient (Wildman–Crippen LogP) is 2.79. The Bertz CT molecular complexity index is 1060. The Morgan fingerprint density at radius 1 is 1.11 bits per heavy atom. The average Bonchev–Trinajstić information content (AvgIpc) is 3.28. The molecule has 3 aromatic rings. The van der Waals surface area contributed by atoms with Crippen molar-refractivity contribution in [3.8, 4) is 0 Å². The van der Waals surface area contributed by atoms with Gasteiger partial charge in [0.2, 0.25) is 11.0 Å². The molecule has 3 rings (SSSR count). The van der Waals surface area contributed by atoms with Crippen LogP contribution in [0.3, 0.4) is 0 Å². The zero-order valence-electron chi connectivity index (χ0n) is 14.9. The van der Waals surface area contributed by atoms with Crippen LogP contribution < -0.4 is 10.0 Å². The second-order valence-corrected chi connectivity index (χ2v) is 10.6. The van der Waals surface area contributed by atoms with Gasteiger partial charge in [0.15, 0.2) is 4.34 Å². The summed E-state index contributed by atoms with van der Waals surface area (Å²) in [6.45, 7) is 3.76. The minimum absolute atomic E-state index is 0.0671. The Hall–Kier alpha value is -2.09. The highest BCUT2D eigenvalue weighted by atomic mass is 32.2. The molecule has 0 atom stereocenters. The summed E-state index contributed by atoms with van der Waals surface area (Å²) in [5.74, 6) is -0.0277. The number of anilines is 2. The van der Waals surface area contributed by atoms with Crippen molar-refractivity contribution < 1.29 is 13.2 Å². The second-order valence-electron chi connectivity index (χ2n) is 5.41. The Kier molecular flexibility index (Phi) is 6.59. The largest absolute Gasteiger partial charge is 0.325 e. The predicted molar refractivity (Wildman–Crippen MR) is 111 cm³/mol. The molecule has 0 fully saturated rings. The normalized spacial score (nSPS) is 11.4. The standard InChI is InChI=1S/C15H16N6O3S4/c1-3-13-18-19-14(27-13)21-28(23,24)11-6-4-10(5-7-11)16-12(22)8-25-15-20-17-9(2)26-15/h4-7H,3,8H2,1-2H3,(H,16,22)(H,19,21). The molecule has 1 aromatic carbocycles. The highest BCUT2D eigenvalue weighted by Gasteiger charge is 2.17. The topological polar surface area (TPSA) is 127 Å². The molecule has 13 heteroatoms. The Morgan fingerprint density at radius 2 is 1.86 bits per heavy atom. The molecule has 0 radical (unpaired) electrons. The third-order valence-electron chi connectivity index (χ3n) is 3.27. The van der Waals surface area contributed by atoms with Crippen LogP contribution in [-0.2, 0) is 21.2 Å². The molecule has 148 valence electrons. The van der Waals surface area contributed by atoms with E-state index in [1.807, 2.05) is 13.8 Å². The second kappa shape index (κ2) is 8.94. The van der Waals surface area contributed by atoms with E-state index in [9.17, 15) is 13.2 Å². The van der Waals surface area contributed by atoms with Crippen molar-refractivity contribution in [2.75, 3.05) is 15.8 Å². The smallest absolute Gasteiger partial charge is 0.263 e. The number of benzene rings is 1. The lowest BCUT2D eigenvalue weighted by molar-refractivity contribution is -0.113. The molecule has 0 spiro atoms. The molecule has 0 aliphatic rings. The number of carbonyl (C=O) groups excluding carboxylic acids is 1. The number of hydrogen-bond donors (Lipinski definition) is 2. The fourth-order valence-electron chi connectivity index (χ4n) is 1.99. The third-order valence-corrected chi connectivity index (χ3v) is 7.71. The van der Waals surface area contributed by atoms with Crippen LogP contribution in [0.15, 0.2) is 33.5 Å². The molecule has 0 bridgehead atoms. The van der Waals surface area contributed by atoms with E-state index in [1.54, 1.807) is 0 Å². The summed E-state index contributed by atoms with van der Waals surface area (Å²) in [6, 6.07) is 5.90. The van der Waals surface area contributed by atoms with Crippen molar-refractivity contribution in [1.29, 1.82) is 0 Å². The molecule has 0 aliphatic carbocycles. The van der Waals surface area contributed by atoms with E-state index in [2.05, 4.69) is 30.4 Å². The van der Waals surface area contributed by atoms with Gasteiger partial charge in [-0.3, -0.25) is 9.52 Å². The third kappa shape index (κ3) is 5.47. The molecule has 2 aromatic heterocycles. The summed E-state index contributed by atoms with van der Waals surface area (Å²) in [4.78, 5) is 12.1. The van der Waals surface area contributed by atoms with Gasteiger partial charge in [-0.1, -0.05) is 41.4 Å². The molecular formula is C15H16N6O3S4. The van der Waals surface area contributed by atoms with E-state index in [-0.39, 0.29) is 21.7 Å². The number of hydrogen-bond acceptors (Lipinski definition) is 10. The molecule has 2 N–H and O–H groups in total. The van der Waals surface area contributed by atoms with Crippen LogP contribution >= 0.6 is 34.4 Å². The summed E-state index contributed by atoms with van der Waals surface area (Å²) in [7, 11) is -3.77. The van der Waals surface area contributed by atoms with Gasteiger partial charge in [-0.25, -0.2) is 8.42 Å². The number of rotatable bonds is 8. The maximum atomic E-state index is 12.4. The van der Waals surface area contributed by atoms with E-state index in [0.29, 0.717) is 12.1 Å². The van der Waals surface area contributed by atoms with Crippen LogP contribution in [-0.4, -0.2) is 40.5 Å². The summed E-state index contributed by atoms with van der Waals surface area (Å²) >= 11 is 3.91. The van der Waals surface area contributed by atoms with Gasteiger partial charge in [0.1, 0.15) is 10.0 Å². The van der Waals surface area contributed by atoms with Crippen molar-refractivity contribution >= 4 is 61.2 Å². The first-order chi connectivity index (χ1) is 13.4. The van der Waals surface area contributed by atoms with Gasteiger partial charge < -0.3 is 5.32 Å². The number of sulfonamides is 1. The van der Waals surface area contributed by atoms with Crippen molar-refractivity contribution in [2.45, 2.75) is 29.5 Å². The van der Waals surface area contributed by atoms with Gasteiger partial charge in [0.05, 0.1) is 10.6 Å². The van der Waals surface area contributed by atoms with Gasteiger partial charge in [-0.15, -0.1) is 20.4 Å². The molecule has 0 saturated heterocycles. The number of nitrogens with one attached hydrogen (secondary N) is 2. The lowest BCUT2D eigenvalue weighted by Gasteiger charge is -2.07. The SMILES string of the molecule is CCc1nnc(NS(=O)(=O)c2ccc(NC(=O)CSc3nnc(C)s3)cc2)s1. The monoisotopic (exact) mass is 456 g/mol. The van der Waals surface area contributed by atoms with E-state index >= 15 is 0 Å². The van der Waals surface area contributed by atoms with E-state index in [4.69, 9.17) is 0 Å². The molecule has 0 unspecified atom stereocenters. The van der Waals surface area contributed by atoms with Crippen molar-refractivity contribution in [3.05, 3.63) is 34.3 Å². The number of thioether (sulfide) groups is 1. The van der Waals surface area contributed by atoms with E-state index in [0.717, 1.165) is 14.4 Å². The number of aryl methyl sites for hydroxylation is 2. The van der Waals surface area contributed by atoms with Crippen LogP contribution in [0.1, 0.15) is 16.9 Å². The van der Waals surface area contributed by atoms with Gasteiger partial charge in [-0.2, -0.15) is 0 Å². The summed E-state index contributed by atoms with van der Waals surface area (Å²) in [5, 5.41) is 20.1. The summed E-state index contributed by atoms with van der Waals surface area (Å²) in [6.07, 6.45) is 0.685. The first-order valence-corrected chi connectivity index (χ1v) is 12.1. The van der Waals surface area contributed by atoms with Crippen LogP contribution in [0.5, 0.6) is 0 Å². The summed E-state index contributed by atoms with van der Waals surface area (Å²) in [5.41, 5.74) is 0.502. The Morgan fingerprint density at radius 3 is 2.46 bits per heavy atom. The number of amides is 1. The summed E-state index contributed by atoms with van der Waals surface area (Å²) < 4.78 is 28.0. The maximum absolute atomic E-state index is 12.4. The van der Waals surface area contributed by atoms with Gasteiger partial charge in [0, 0.05) is 5.69 Å². The fourth-order valence-corrected chi connectivity index (χ4v) is 5.52. The van der Waals surface area contributed by atoms with Crippen molar-refractivity contribution in [3.63, 3.8) is 0 Å². The maximum Gasteiger partial charge on any atom is 0.263 e. The first kappa shape index (κ1) is 20.6. The fraction of sp³-hybridized carbons (Fsp3) is 0.267. The van der Waals surface area contributed by atoms with Crippen molar-refractivity contribution in [2.24, 2.45) is 0 Å². The van der Waals surface area contributed by atoms with E-state index in [1.165, 1.54) is 58.7 Å². The van der Waals surface area contributed by atoms with Crippen LogP contribution in [0, 0.1) is 6.92 Å². The van der Waals surface area contributed by atoms with Gasteiger partial charge in [0.25, 0.3) is 10.0 Å². The molecule has 2 heterocycles. The van der Waals surface area contributed by atoms with Crippen LogP contribution in [0.4, 0.5) is 10.8 Å². The van der Waals surface area contributed by atoms with Gasteiger partial charge in [-0.05, 0) is 37.6 Å². The van der Waals surface area contributed by atoms with Crippen molar-refractivity contribution in [1.82, 2.24) is 20.4 Å². The van der Waals surface area contributed by atoms with Gasteiger partial charge >= 0.3 is 0 Å². The molecule has 0 aliphatic heterocycles. The lowest BCUT2D eigenvalue weighted by atomic mass is 10.3. The van der Waals surface area contributed by atoms with Crippen LogP contribution in [0.25, 0.3) is 0 Å². The Balaban J connectivity index is 1.58. The molecule has 1 amide bonds. The first-order valence-electron chi connectivity index (χ1n) is 8.04. The zero-order valence-corrected chi connectivity index (χ0v) is 18.1. The quantitative estimate of drug-likeness (QED) is 0.495. The average molecular weight is 457 g/mol. The number of nitrogens with zero attached hydrogens (tertiary/aromatic N) is 4. The zero-order chi connectivity index (χ0) is 20.1. The number of carbonyl (C=O) groups is 1. The molecule has 0 saturated carbocycles.